The van der Waals surface area contributed by atoms with Crippen LogP contribution in [0.25, 0.3) is 17.4 Å². The van der Waals surface area contributed by atoms with Crippen molar-refractivity contribution >= 4 is 23.3 Å². The monoisotopic (exact) mass is 453 g/mol. The quantitative estimate of drug-likeness (QED) is 0.451. The Hall–Kier alpha value is -3.85. The molecule has 0 saturated heterocycles. The lowest BCUT2D eigenvalue weighted by Crippen LogP contribution is -2.20. The van der Waals surface area contributed by atoms with E-state index in [4.69, 9.17) is 20.8 Å². The normalized spacial score (nSPS) is 11.0. The second-order valence-corrected chi connectivity index (χ2v) is 7.69. The molecule has 1 aromatic carbocycles. The van der Waals surface area contributed by atoms with Gasteiger partial charge in [0, 0.05) is 17.2 Å². The highest BCUT2D eigenvalue weighted by molar-refractivity contribution is 6.31. The number of furan rings is 1. The zero-order valence-corrected chi connectivity index (χ0v) is 18.3. The van der Waals surface area contributed by atoms with Gasteiger partial charge < -0.3 is 14.5 Å². The number of nitrogens with one attached hydrogen (secondary N) is 2. The summed E-state index contributed by atoms with van der Waals surface area (Å²) in [7, 11) is 1.46. The lowest BCUT2D eigenvalue weighted by Gasteiger charge is -2.12. The van der Waals surface area contributed by atoms with Crippen LogP contribution in [-0.4, -0.2) is 32.8 Å². The lowest BCUT2D eigenvalue weighted by molar-refractivity contribution is 0.102. The maximum Gasteiger partial charge on any atom is 0.260 e. The fraction of sp³-hybridized carbons (Fsp3) is 0.182. The summed E-state index contributed by atoms with van der Waals surface area (Å²) in [5, 5.41) is 7.67. The van der Waals surface area contributed by atoms with Crippen LogP contribution in [0, 0.1) is 0 Å². The summed E-state index contributed by atoms with van der Waals surface area (Å²) >= 11 is 6.07. The molecule has 0 bridgehead atoms. The van der Waals surface area contributed by atoms with Crippen LogP contribution in [0.5, 0.6) is 5.75 Å². The number of carbonyl (C=O) groups is 1. The Morgan fingerprint density at radius 3 is 2.75 bits per heavy atom. The van der Waals surface area contributed by atoms with Crippen LogP contribution in [-0.2, 0) is 0 Å². The van der Waals surface area contributed by atoms with Crippen LogP contribution in [0.2, 0.25) is 5.02 Å². The van der Waals surface area contributed by atoms with Crippen LogP contribution in [0.15, 0.2) is 57.9 Å². The highest BCUT2D eigenvalue weighted by Crippen LogP contribution is 2.27. The number of hydrogen-bond acceptors (Lipinski definition) is 6. The molecule has 0 aliphatic carbocycles. The molecular weight excluding hydrogens is 434 g/mol. The second-order valence-electron chi connectivity index (χ2n) is 7.25. The first-order valence-corrected chi connectivity index (χ1v) is 10.1. The molecule has 0 atom stereocenters. The molecule has 0 aliphatic rings. The molecule has 4 rings (SSSR count). The molecule has 3 aromatic heterocycles. The number of halogens is 1. The van der Waals surface area contributed by atoms with E-state index in [0.717, 1.165) is 0 Å². The Morgan fingerprint density at radius 2 is 2.06 bits per heavy atom. The molecule has 3 heterocycles. The van der Waals surface area contributed by atoms with Gasteiger partial charge >= 0.3 is 0 Å². The maximum absolute atomic E-state index is 13.1. The first-order valence-electron chi connectivity index (χ1n) is 9.76. The van der Waals surface area contributed by atoms with E-state index < -0.39 is 5.91 Å². The number of H-pyrrole nitrogens is 1. The summed E-state index contributed by atoms with van der Waals surface area (Å²) in [4.78, 5) is 32.5. The van der Waals surface area contributed by atoms with Crippen LogP contribution < -0.4 is 15.6 Å². The van der Waals surface area contributed by atoms with Gasteiger partial charge in [-0.25, -0.2) is 4.98 Å². The number of aromatic nitrogens is 4. The van der Waals surface area contributed by atoms with Crippen LogP contribution >= 0.6 is 11.6 Å². The number of rotatable bonds is 6. The van der Waals surface area contributed by atoms with E-state index in [9.17, 15) is 9.59 Å². The molecule has 0 aliphatic heterocycles. The van der Waals surface area contributed by atoms with E-state index in [1.807, 2.05) is 13.8 Å². The second kappa shape index (κ2) is 8.72. The van der Waals surface area contributed by atoms with Gasteiger partial charge in [-0.1, -0.05) is 25.4 Å². The van der Waals surface area contributed by atoms with Crippen LogP contribution in [0.3, 0.4) is 0 Å². The number of hydrogen-bond donors (Lipinski definition) is 2. The van der Waals surface area contributed by atoms with Crippen molar-refractivity contribution in [2.24, 2.45) is 0 Å². The molecule has 0 radical (unpaired) electrons. The van der Waals surface area contributed by atoms with Crippen molar-refractivity contribution in [3.63, 3.8) is 0 Å². The lowest BCUT2D eigenvalue weighted by atomic mass is 10.1. The van der Waals surface area contributed by atoms with Gasteiger partial charge in [-0.15, -0.1) is 0 Å². The molecule has 0 fully saturated rings. The van der Waals surface area contributed by atoms with E-state index in [-0.39, 0.29) is 28.8 Å². The molecule has 10 heteroatoms. The standard InChI is InChI=1S/C22H20ClN5O4/c1-12(2)15-11-20(29)26-22(24-15)28-19(10-16(27-28)18-5-4-8-32-18)25-21(30)14-9-13(23)6-7-17(14)31-3/h4-12H,1-3H3,(H,25,30)(H,24,26,29). The summed E-state index contributed by atoms with van der Waals surface area (Å²) in [6, 6.07) is 11.2. The van der Waals surface area contributed by atoms with Crippen LogP contribution in [0.1, 0.15) is 35.8 Å². The first kappa shape index (κ1) is 21.4. The number of aromatic amines is 1. The molecule has 164 valence electrons. The average Bonchev–Trinajstić information content (AvgIpc) is 3.43. The molecule has 0 spiro atoms. The summed E-state index contributed by atoms with van der Waals surface area (Å²) in [6.07, 6.45) is 1.52. The molecule has 1 amide bonds. The van der Waals surface area contributed by atoms with Gasteiger partial charge in [0.1, 0.15) is 17.3 Å². The largest absolute Gasteiger partial charge is 0.496 e. The average molecular weight is 454 g/mol. The number of anilines is 1. The third-order valence-electron chi connectivity index (χ3n) is 4.67. The number of carbonyl (C=O) groups excluding carboxylic acids is 1. The van der Waals surface area contributed by atoms with Crippen molar-refractivity contribution in [2.45, 2.75) is 19.8 Å². The summed E-state index contributed by atoms with van der Waals surface area (Å²) < 4.78 is 12.1. The van der Waals surface area contributed by atoms with E-state index >= 15 is 0 Å². The van der Waals surface area contributed by atoms with E-state index in [2.05, 4.69) is 20.4 Å². The van der Waals surface area contributed by atoms with Crippen molar-refractivity contribution < 1.29 is 13.9 Å². The summed E-state index contributed by atoms with van der Waals surface area (Å²) in [5.41, 5.74) is 0.945. The van der Waals surface area contributed by atoms with Crippen molar-refractivity contribution in [1.82, 2.24) is 19.7 Å². The minimum Gasteiger partial charge on any atom is -0.496 e. The SMILES string of the molecule is COc1ccc(Cl)cc1C(=O)Nc1cc(-c2ccco2)nn1-c1nc(C(C)C)cc(=O)[nH]1. The van der Waals surface area contributed by atoms with Gasteiger partial charge in [0.05, 0.1) is 24.6 Å². The van der Waals surface area contributed by atoms with Crippen LogP contribution in [0.4, 0.5) is 5.82 Å². The Bertz CT molecular complexity index is 1320. The third-order valence-corrected chi connectivity index (χ3v) is 4.91. The Labute approximate surface area is 188 Å². The van der Waals surface area contributed by atoms with Gasteiger partial charge in [-0.3, -0.25) is 14.6 Å². The summed E-state index contributed by atoms with van der Waals surface area (Å²) in [5.74, 6) is 0.822. The highest BCUT2D eigenvalue weighted by atomic mass is 35.5. The molecule has 4 aromatic rings. The van der Waals surface area contributed by atoms with Gasteiger partial charge in [0.15, 0.2) is 5.76 Å². The fourth-order valence-corrected chi connectivity index (χ4v) is 3.25. The molecule has 0 saturated carbocycles. The van der Waals surface area contributed by atoms with Gasteiger partial charge in [-0.05, 0) is 36.2 Å². The van der Waals surface area contributed by atoms with Gasteiger partial charge in [0.25, 0.3) is 11.5 Å². The van der Waals surface area contributed by atoms with E-state index in [1.165, 1.54) is 30.2 Å². The van der Waals surface area contributed by atoms with E-state index in [0.29, 0.717) is 27.9 Å². The molecule has 0 unspecified atom stereocenters. The number of nitrogens with zero attached hydrogens (tertiary/aromatic N) is 3. The van der Waals surface area contributed by atoms with Crippen molar-refractivity contribution in [3.8, 4) is 23.2 Å². The minimum atomic E-state index is -0.473. The number of benzene rings is 1. The minimum absolute atomic E-state index is 0.0184. The number of amides is 1. The third kappa shape index (κ3) is 4.28. The van der Waals surface area contributed by atoms with Crippen molar-refractivity contribution in [1.29, 1.82) is 0 Å². The molecule has 32 heavy (non-hydrogen) atoms. The topological polar surface area (TPSA) is 115 Å². The van der Waals surface area contributed by atoms with E-state index in [1.54, 1.807) is 30.3 Å². The zero-order chi connectivity index (χ0) is 22.8. The number of methoxy groups -OCH3 is 1. The molecule has 9 nitrogen and oxygen atoms in total. The van der Waals surface area contributed by atoms with Gasteiger partial charge in [-0.2, -0.15) is 9.78 Å². The highest BCUT2D eigenvalue weighted by Gasteiger charge is 2.20. The van der Waals surface area contributed by atoms with Gasteiger partial charge in [0.2, 0.25) is 5.95 Å². The Morgan fingerprint density at radius 1 is 1.25 bits per heavy atom. The fourth-order valence-electron chi connectivity index (χ4n) is 3.08. The molecule has 2 N–H and O–H groups in total. The molecular formula is C22H20ClN5O4. The predicted molar refractivity (Wildman–Crippen MR) is 120 cm³/mol. The Kier molecular flexibility index (Phi) is 5.83. The number of ether oxygens (including phenoxy) is 1. The van der Waals surface area contributed by atoms with Crippen molar-refractivity contribution in [3.05, 3.63) is 75.4 Å². The first-order chi connectivity index (χ1) is 15.4. The Balaban J connectivity index is 1.81. The smallest absolute Gasteiger partial charge is 0.260 e. The zero-order valence-electron chi connectivity index (χ0n) is 17.5. The van der Waals surface area contributed by atoms with Crippen molar-refractivity contribution in [2.75, 3.05) is 12.4 Å². The summed E-state index contributed by atoms with van der Waals surface area (Å²) in [6.45, 7) is 3.86. The predicted octanol–water partition coefficient (Wildman–Crippen LogP) is 4.25. The maximum atomic E-state index is 13.1.